The van der Waals surface area contributed by atoms with Gasteiger partial charge < -0.3 is 10.4 Å². The second-order valence-electron chi connectivity index (χ2n) is 5.21. The van der Waals surface area contributed by atoms with Crippen molar-refractivity contribution in [3.8, 4) is 0 Å². The molecule has 1 heterocycles. The Balaban J connectivity index is 1.64. The van der Waals surface area contributed by atoms with Gasteiger partial charge >= 0.3 is 0 Å². The molecule has 0 spiro atoms. The second-order valence-corrected chi connectivity index (χ2v) is 5.21. The number of anilines is 1. The Kier molecular flexibility index (Phi) is 2.97. The maximum Gasteiger partial charge on any atom is 0.132 e. The standard InChI is InChI=1S/C13H19N3O/c17-10-5-4-9(6-10)7-14-13-11-2-1-3-12(11)15-8-16-13/h8-10,17H,1-7H2,(H,14,15,16). The van der Waals surface area contributed by atoms with Crippen LogP contribution in [0.5, 0.6) is 0 Å². The maximum atomic E-state index is 9.50. The minimum Gasteiger partial charge on any atom is -0.393 e. The molecule has 2 unspecified atom stereocenters. The lowest BCUT2D eigenvalue weighted by molar-refractivity contribution is 0.178. The Morgan fingerprint density at radius 3 is 3.06 bits per heavy atom. The van der Waals surface area contributed by atoms with E-state index < -0.39 is 0 Å². The lowest BCUT2D eigenvalue weighted by Gasteiger charge is -2.13. The summed E-state index contributed by atoms with van der Waals surface area (Å²) < 4.78 is 0. The van der Waals surface area contributed by atoms with Crippen LogP contribution in [0.3, 0.4) is 0 Å². The van der Waals surface area contributed by atoms with Crippen LogP contribution in [-0.2, 0) is 12.8 Å². The van der Waals surface area contributed by atoms with Crippen molar-refractivity contribution in [3.05, 3.63) is 17.6 Å². The molecule has 1 saturated carbocycles. The van der Waals surface area contributed by atoms with Gasteiger partial charge in [0.2, 0.25) is 0 Å². The number of nitrogens with one attached hydrogen (secondary N) is 1. The van der Waals surface area contributed by atoms with Gasteiger partial charge in [-0.05, 0) is 44.4 Å². The molecule has 1 fully saturated rings. The van der Waals surface area contributed by atoms with Crippen LogP contribution in [0.4, 0.5) is 5.82 Å². The maximum absolute atomic E-state index is 9.50. The highest BCUT2D eigenvalue weighted by Crippen LogP contribution is 2.28. The molecule has 1 aromatic heterocycles. The van der Waals surface area contributed by atoms with Crippen molar-refractivity contribution in [2.75, 3.05) is 11.9 Å². The number of aryl methyl sites for hydroxylation is 1. The van der Waals surface area contributed by atoms with E-state index in [0.29, 0.717) is 5.92 Å². The third-order valence-corrected chi connectivity index (χ3v) is 3.95. The minimum atomic E-state index is -0.0853. The molecule has 17 heavy (non-hydrogen) atoms. The minimum absolute atomic E-state index is 0.0853. The van der Waals surface area contributed by atoms with Gasteiger partial charge in [-0.15, -0.1) is 0 Å². The van der Waals surface area contributed by atoms with Crippen LogP contribution in [-0.4, -0.2) is 27.7 Å². The van der Waals surface area contributed by atoms with Gasteiger partial charge in [-0.2, -0.15) is 0 Å². The number of aromatic nitrogens is 2. The van der Waals surface area contributed by atoms with Crippen LogP contribution in [0.25, 0.3) is 0 Å². The largest absolute Gasteiger partial charge is 0.393 e. The topological polar surface area (TPSA) is 58.0 Å². The third-order valence-electron chi connectivity index (χ3n) is 3.95. The van der Waals surface area contributed by atoms with Crippen molar-refractivity contribution >= 4 is 5.82 Å². The first kappa shape index (κ1) is 11.0. The fraction of sp³-hybridized carbons (Fsp3) is 0.692. The highest BCUT2D eigenvalue weighted by atomic mass is 16.3. The molecule has 2 aliphatic carbocycles. The number of rotatable bonds is 3. The Morgan fingerprint density at radius 1 is 1.29 bits per heavy atom. The van der Waals surface area contributed by atoms with E-state index in [0.717, 1.165) is 44.5 Å². The molecule has 3 rings (SSSR count). The van der Waals surface area contributed by atoms with Crippen LogP contribution in [0, 0.1) is 5.92 Å². The van der Waals surface area contributed by atoms with E-state index in [2.05, 4.69) is 15.3 Å². The van der Waals surface area contributed by atoms with Gasteiger partial charge in [0.05, 0.1) is 6.10 Å². The fourth-order valence-corrected chi connectivity index (χ4v) is 2.99. The van der Waals surface area contributed by atoms with E-state index in [1.807, 2.05) is 0 Å². The molecule has 0 aromatic carbocycles. The van der Waals surface area contributed by atoms with E-state index >= 15 is 0 Å². The molecule has 2 atom stereocenters. The van der Waals surface area contributed by atoms with Gasteiger partial charge in [0, 0.05) is 17.8 Å². The summed E-state index contributed by atoms with van der Waals surface area (Å²) in [5.41, 5.74) is 2.53. The van der Waals surface area contributed by atoms with Crippen LogP contribution in [0.1, 0.15) is 36.9 Å². The van der Waals surface area contributed by atoms with E-state index in [4.69, 9.17) is 0 Å². The van der Waals surface area contributed by atoms with E-state index in [1.54, 1.807) is 6.33 Å². The van der Waals surface area contributed by atoms with Crippen LogP contribution < -0.4 is 5.32 Å². The molecular formula is C13H19N3O. The number of nitrogens with zero attached hydrogens (tertiary/aromatic N) is 2. The normalized spacial score (nSPS) is 27.1. The first-order chi connectivity index (χ1) is 8.33. The van der Waals surface area contributed by atoms with Crippen molar-refractivity contribution in [1.29, 1.82) is 0 Å². The lowest BCUT2D eigenvalue weighted by atomic mass is 10.1. The van der Waals surface area contributed by atoms with Crippen molar-refractivity contribution in [3.63, 3.8) is 0 Å². The fourth-order valence-electron chi connectivity index (χ4n) is 2.99. The zero-order valence-corrected chi connectivity index (χ0v) is 10.0. The quantitative estimate of drug-likeness (QED) is 0.831. The summed E-state index contributed by atoms with van der Waals surface area (Å²) in [6.45, 7) is 0.931. The van der Waals surface area contributed by atoms with Crippen LogP contribution >= 0.6 is 0 Å². The number of aliphatic hydroxyl groups excluding tert-OH is 1. The molecule has 2 aliphatic rings. The predicted molar refractivity (Wildman–Crippen MR) is 65.9 cm³/mol. The Labute approximate surface area is 101 Å². The Bertz CT molecular complexity index is 408. The summed E-state index contributed by atoms with van der Waals surface area (Å²) in [5.74, 6) is 1.62. The van der Waals surface area contributed by atoms with Crippen molar-refractivity contribution < 1.29 is 5.11 Å². The summed E-state index contributed by atoms with van der Waals surface area (Å²) in [7, 11) is 0. The monoisotopic (exact) mass is 233 g/mol. The number of hydrogen-bond donors (Lipinski definition) is 2. The first-order valence-corrected chi connectivity index (χ1v) is 6.57. The zero-order valence-electron chi connectivity index (χ0n) is 10.0. The van der Waals surface area contributed by atoms with Gasteiger partial charge in [0.15, 0.2) is 0 Å². The van der Waals surface area contributed by atoms with E-state index in [-0.39, 0.29) is 6.10 Å². The summed E-state index contributed by atoms with van der Waals surface area (Å²) in [5, 5.41) is 12.9. The van der Waals surface area contributed by atoms with Gasteiger partial charge in [-0.1, -0.05) is 0 Å². The highest BCUT2D eigenvalue weighted by molar-refractivity contribution is 5.47. The van der Waals surface area contributed by atoms with Gasteiger partial charge in [-0.25, -0.2) is 9.97 Å². The molecule has 2 N–H and O–H groups in total. The van der Waals surface area contributed by atoms with Crippen LogP contribution in [0.2, 0.25) is 0 Å². The van der Waals surface area contributed by atoms with E-state index in [9.17, 15) is 5.11 Å². The molecule has 92 valence electrons. The van der Waals surface area contributed by atoms with Crippen LogP contribution in [0.15, 0.2) is 6.33 Å². The number of fused-ring (bicyclic) bond motifs is 1. The summed E-state index contributed by atoms with van der Waals surface area (Å²) >= 11 is 0. The Morgan fingerprint density at radius 2 is 2.24 bits per heavy atom. The summed E-state index contributed by atoms with van der Waals surface area (Å²) in [4.78, 5) is 8.67. The lowest BCUT2D eigenvalue weighted by Crippen LogP contribution is -2.14. The molecule has 0 bridgehead atoms. The van der Waals surface area contributed by atoms with Gasteiger partial charge in [-0.3, -0.25) is 0 Å². The van der Waals surface area contributed by atoms with Crippen molar-refractivity contribution in [2.24, 2.45) is 5.92 Å². The molecule has 0 radical (unpaired) electrons. The molecule has 4 nitrogen and oxygen atoms in total. The first-order valence-electron chi connectivity index (χ1n) is 6.57. The molecule has 0 saturated heterocycles. The molecular weight excluding hydrogens is 214 g/mol. The Hall–Kier alpha value is -1.16. The van der Waals surface area contributed by atoms with E-state index in [1.165, 1.54) is 17.7 Å². The summed E-state index contributed by atoms with van der Waals surface area (Å²) in [6.07, 6.45) is 7.98. The summed E-state index contributed by atoms with van der Waals surface area (Å²) in [6, 6.07) is 0. The number of aliphatic hydroxyl groups is 1. The molecule has 0 aliphatic heterocycles. The predicted octanol–water partition coefficient (Wildman–Crippen LogP) is 1.54. The molecule has 1 aromatic rings. The zero-order chi connectivity index (χ0) is 11.7. The highest BCUT2D eigenvalue weighted by Gasteiger charge is 2.23. The molecule has 4 heteroatoms. The second kappa shape index (κ2) is 4.61. The average Bonchev–Trinajstić information content (AvgIpc) is 2.94. The van der Waals surface area contributed by atoms with Crippen molar-refractivity contribution in [1.82, 2.24) is 9.97 Å². The van der Waals surface area contributed by atoms with Gasteiger partial charge in [0.25, 0.3) is 0 Å². The molecule has 0 amide bonds. The number of hydrogen-bond acceptors (Lipinski definition) is 4. The third kappa shape index (κ3) is 2.27. The smallest absolute Gasteiger partial charge is 0.132 e. The van der Waals surface area contributed by atoms with Gasteiger partial charge in [0.1, 0.15) is 12.1 Å². The van der Waals surface area contributed by atoms with Crippen molar-refractivity contribution in [2.45, 2.75) is 44.6 Å². The average molecular weight is 233 g/mol. The SMILES string of the molecule is OC1CCC(CNc2ncnc3c2CCC3)C1.